The molecule has 244 valence electrons. The molecule has 10 nitrogen and oxygen atoms in total. The fourth-order valence-electron chi connectivity index (χ4n) is 5.60. The third kappa shape index (κ3) is 8.07. The summed E-state index contributed by atoms with van der Waals surface area (Å²) in [6.45, 7) is 14.8. The van der Waals surface area contributed by atoms with E-state index in [-0.39, 0.29) is 46.8 Å². The van der Waals surface area contributed by atoms with Crippen LogP contribution in [0.4, 0.5) is 10.7 Å². The van der Waals surface area contributed by atoms with E-state index in [2.05, 4.69) is 11.4 Å². The minimum Gasteiger partial charge on any atom is -0.465 e. The summed E-state index contributed by atoms with van der Waals surface area (Å²) in [4.78, 5) is 47.0. The van der Waals surface area contributed by atoms with Crippen LogP contribution < -0.4 is 5.32 Å². The second kappa shape index (κ2) is 13.6. The number of hydrogen-bond donors (Lipinski definition) is 2. The third-order valence-corrected chi connectivity index (χ3v) is 8.68. The lowest BCUT2D eigenvalue weighted by Gasteiger charge is -2.36. The zero-order valence-electron chi connectivity index (χ0n) is 27.6. The first kappa shape index (κ1) is 34.5. The largest absolute Gasteiger partial charge is 0.465 e. The Morgan fingerprint density at radius 1 is 1.15 bits per heavy atom. The van der Waals surface area contributed by atoms with Crippen molar-refractivity contribution in [1.82, 2.24) is 19.4 Å². The molecule has 3 amide bonds. The summed E-state index contributed by atoms with van der Waals surface area (Å²) >= 11 is 6.03. The minimum absolute atomic E-state index is 0.114. The van der Waals surface area contributed by atoms with E-state index in [4.69, 9.17) is 16.6 Å². The highest BCUT2D eigenvalue weighted by molar-refractivity contribution is 6.30. The van der Waals surface area contributed by atoms with Gasteiger partial charge < -0.3 is 19.5 Å². The maximum Gasteiger partial charge on any atom is 0.407 e. The highest BCUT2D eigenvalue weighted by Gasteiger charge is 2.33. The van der Waals surface area contributed by atoms with E-state index < -0.39 is 6.09 Å². The maximum absolute atomic E-state index is 13.5. The molecule has 0 radical (unpaired) electrons. The van der Waals surface area contributed by atoms with Gasteiger partial charge in [-0.3, -0.25) is 14.9 Å². The van der Waals surface area contributed by atoms with Gasteiger partial charge in [-0.05, 0) is 72.6 Å². The number of hydrogen-bond acceptors (Lipinski definition) is 5. The molecule has 3 aromatic rings. The number of rotatable bonds is 8. The smallest absolute Gasteiger partial charge is 0.407 e. The van der Waals surface area contributed by atoms with E-state index in [0.717, 1.165) is 23.9 Å². The van der Waals surface area contributed by atoms with Gasteiger partial charge >= 0.3 is 6.09 Å². The Balaban J connectivity index is 1.72. The number of allylic oxidation sites excluding steroid dienone is 1. The highest BCUT2D eigenvalue weighted by Crippen LogP contribution is 2.30. The molecule has 0 spiro atoms. The van der Waals surface area contributed by atoms with Gasteiger partial charge in [0, 0.05) is 36.3 Å². The molecule has 46 heavy (non-hydrogen) atoms. The predicted octanol–water partition coefficient (Wildman–Crippen LogP) is 7.34. The molecule has 0 aliphatic carbocycles. The van der Waals surface area contributed by atoms with Crippen LogP contribution in [-0.2, 0) is 17.9 Å². The number of fused-ring (bicyclic) bond motifs is 1. The molecule has 11 heteroatoms. The fraction of sp³-hybridized carbons (Fsp3) is 0.457. The number of nitriles is 1. The van der Waals surface area contributed by atoms with Crippen molar-refractivity contribution in [2.75, 3.05) is 11.9 Å². The molecule has 2 atom stereocenters. The predicted molar refractivity (Wildman–Crippen MR) is 180 cm³/mol. The molecule has 0 bridgehead atoms. The van der Waals surface area contributed by atoms with Crippen LogP contribution in [0.15, 0.2) is 54.1 Å². The quantitative estimate of drug-likeness (QED) is 0.194. The number of benzene rings is 2. The van der Waals surface area contributed by atoms with Crippen molar-refractivity contribution in [3.8, 4) is 6.07 Å². The van der Waals surface area contributed by atoms with Gasteiger partial charge in [-0.15, -0.1) is 0 Å². The second-order valence-electron chi connectivity index (χ2n) is 14.1. The average Bonchev–Trinajstić information content (AvgIpc) is 3.57. The van der Waals surface area contributed by atoms with E-state index in [1.807, 2.05) is 71.2 Å². The summed E-state index contributed by atoms with van der Waals surface area (Å²) in [7, 11) is 0. The van der Waals surface area contributed by atoms with Gasteiger partial charge in [-0.2, -0.15) is 5.26 Å². The molecule has 2 aromatic carbocycles. The summed E-state index contributed by atoms with van der Waals surface area (Å²) in [5.74, 6) is -0.376. The Bertz CT molecular complexity index is 1690. The van der Waals surface area contributed by atoms with Crippen LogP contribution in [0.25, 0.3) is 11.0 Å². The third-order valence-electron chi connectivity index (χ3n) is 8.42. The highest BCUT2D eigenvalue weighted by atomic mass is 35.5. The van der Waals surface area contributed by atoms with E-state index in [1.54, 1.807) is 35.2 Å². The van der Waals surface area contributed by atoms with E-state index >= 15 is 0 Å². The number of anilines is 1. The Hall–Kier alpha value is -4.36. The number of nitrogens with one attached hydrogen (secondary N) is 1. The molecule has 1 aromatic heterocycles. The van der Waals surface area contributed by atoms with Crippen molar-refractivity contribution in [2.45, 2.75) is 86.5 Å². The zero-order chi connectivity index (χ0) is 34.0. The van der Waals surface area contributed by atoms with Crippen LogP contribution in [0, 0.1) is 22.2 Å². The van der Waals surface area contributed by atoms with Crippen molar-refractivity contribution >= 4 is 46.5 Å². The Kier molecular flexibility index (Phi) is 10.2. The maximum atomic E-state index is 13.5. The van der Waals surface area contributed by atoms with Crippen LogP contribution >= 0.6 is 11.6 Å². The van der Waals surface area contributed by atoms with Crippen molar-refractivity contribution in [3.63, 3.8) is 0 Å². The first-order chi connectivity index (χ1) is 21.5. The second-order valence-corrected chi connectivity index (χ2v) is 14.5. The molecule has 1 aliphatic rings. The lowest BCUT2D eigenvalue weighted by molar-refractivity contribution is -0.127. The van der Waals surface area contributed by atoms with E-state index in [0.29, 0.717) is 35.1 Å². The standard InChI is InChI=1S/C35H43ClN6O4/c1-22(35(5,6)7)41(33(45)46)20-23-10-15-29-28(17-23)38-32(39-30(43)24-11-13-26(36)14-12-24)42(29)21-27-9-8-16-40(27)31(44)25(19-37)18-34(2,3)4/h10-15,17-18,22,27H,8-9,16,20-21H2,1-7H3,(H,45,46)(H,38,39,43). The van der Waals surface area contributed by atoms with Gasteiger partial charge in [0.15, 0.2) is 0 Å². The molecule has 0 saturated carbocycles. The summed E-state index contributed by atoms with van der Waals surface area (Å²) < 4.78 is 1.88. The molecular formula is C35H43ClN6O4. The van der Waals surface area contributed by atoms with E-state index in [1.165, 1.54) is 4.90 Å². The summed E-state index contributed by atoms with van der Waals surface area (Å²) in [6.07, 6.45) is 2.20. The van der Waals surface area contributed by atoms with Gasteiger partial charge in [0.2, 0.25) is 5.95 Å². The van der Waals surface area contributed by atoms with Gasteiger partial charge in [-0.1, -0.05) is 65.3 Å². The Morgan fingerprint density at radius 3 is 2.41 bits per heavy atom. The first-order valence-corrected chi connectivity index (χ1v) is 15.9. The number of carboxylic acid groups (broad SMARTS) is 1. The monoisotopic (exact) mass is 646 g/mol. The molecule has 1 saturated heterocycles. The fourth-order valence-corrected chi connectivity index (χ4v) is 5.72. The number of carbonyl (C=O) groups excluding carboxylic acids is 2. The van der Waals surface area contributed by atoms with Gasteiger partial charge in [0.05, 0.1) is 17.1 Å². The summed E-state index contributed by atoms with van der Waals surface area (Å²) in [6, 6.07) is 13.7. The van der Waals surface area contributed by atoms with Crippen molar-refractivity contribution < 1.29 is 19.5 Å². The van der Waals surface area contributed by atoms with Crippen LogP contribution in [0.5, 0.6) is 0 Å². The number of aromatic nitrogens is 2. The van der Waals surface area contributed by atoms with Gasteiger partial charge in [0.1, 0.15) is 11.6 Å². The van der Waals surface area contributed by atoms with Crippen molar-refractivity contribution in [1.29, 1.82) is 5.26 Å². The molecular weight excluding hydrogens is 604 g/mol. The van der Waals surface area contributed by atoms with Gasteiger partial charge in [0.25, 0.3) is 11.8 Å². The Morgan fingerprint density at radius 2 is 1.83 bits per heavy atom. The molecule has 2 N–H and O–H groups in total. The Labute approximate surface area is 275 Å². The van der Waals surface area contributed by atoms with Gasteiger partial charge in [-0.25, -0.2) is 9.78 Å². The number of amides is 3. The van der Waals surface area contributed by atoms with Crippen LogP contribution in [-0.4, -0.2) is 61.0 Å². The zero-order valence-corrected chi connectivity index (χ0v) is 28.4. The number of likely N-dealkylation sites (tertiary alicyclic amines) is 1. The SMILES string of the molecule is CC(N(Cc1ccc2c(c1)nc(NC(=O)c1ccc(Cl)cc1)n2CC1CCCN1C(=O)C(C#N)=CC(C)(C)C)C(=O)O)C(C)(C)C. The first-order valence-electron chi connectivity index (χ1n) is 15.5. The molecule has 1 fully saturated rings. The topological polar surface area (TPSA) is 132 Å². The molecule has 4 rings (SSSR count). The minimum atomic E-state index is -1.01. The molecule has 1 aliphatic heterocycles. The summed E-state index contributed by atoms with van der Waals surface area (Å²) in [5, 5.41) is 23.2. The van der Waals surface area contributed by atoms with Crippen LogP contribution in [0.2, 0.25) is 5.02 Å². The average molecular weight is 647 g/mol. The number of nitrogens with zero attached hydrogens (tertiary/aromatic N) is 5. The van der Waals surface area contributed by atoms with Crippen LogP contribution in [0.3, 0.4) is 0 Å². The molecule has 2 unspecified atom stereocenters. The number of imidazole rings is 1. The molecule has 2 heterocycles. The normalized spacial score (nSPS) is 16.3. The summed E-state index contributed by atoms with van der Waals surface area (Å²) in [5.41, 5.74) is 1.98. The number of carbonyl (C=O) groups is 3. The van der Waals surface area contributed by atoms with Crippen molar-refractivity contribution in [2.24, 2.45) is 10.8 Å². The van der Waals surface area contributed by atoms with Crippen LogP contribution in [0.1, 0.15) is 77.2 Å². The number of halogens is 1. The lowest BCUT2D eigenvalue weighted by atomic mass is 9.87. The lowest BCUT2D eigenvalue weighted by Crippen LogP contribution is -2.44. The van der Waals surface area contributed by atoms with Crippen molar-refractivity contribution in [3.05, 3.63) is 70.3 Å². The van der Waals surface area contributed by atoms with E-state index in [9.17, 15) is 24.8 Å².